The van der Waals surface area contributed by atoms with Gasteiger partial charge >= 0.3 is 12.2 Å². The monoisotopic (exact) mass is 383 g/mol. The summed E-state index contributed by atoms with van der Waals surface area (Å²) in [6, 6.07) is 0. The third-order valence-corrected chi connectivity index (χ3v) is 2.96. The lowest BCUT2D eigenvalue weighted by Crippen LogP contribution is -2.44. The second kappa shape index (κ2) is 8.98. The Balaban J connectivity index is 3.29. The fourth-order valence-corrected chi connectivity index (χ4v) is 1.96. The summed E-state index contributed by atoms with van der Waals surface area (Å²) in [5.41, 5.74) is -1.02. The van der Waals surface area contributed by atoms with Crippen molar-refractivity contribution < 1.29 is 28.9 Å². The van der Waals surface area contributed by atoms with Crippen LogP contribution in [0.1, 0.15) is 53.5 Å². The molecule has 0 saturated heterocycles. The van der Waals surface area contributed by atoms with E-state index in [2.05, 4.69) is 9.97 Å². The van der Waals surface area contributed by atoms with Crippen molar-refractivity contribution >= 4 is 18.1 Å². The van der Waals surface area contributed by atoms with Crippen LogP contribution in [0.2, 0.25) is 0 Å². The number of imide groups is 1. The van der Waals surface area contributed by atoms with Crippen molar-refractivity contribution in [3.63, 3.8) is 0 Å². The van der Waals surface area contributed by atoms with Gasteiger partial charge in [-0.15, -0.1) is 4.90 Å². The summed E-state index contributed by atoms with van der Waals surface area (Å²) in [7, 11) is 1.42. The summed E-state index contributed by atoms with van der Waals surface area (Å²) in [5, 5.41) is 8.98. The van der Waals surface area contributed by atoms with Crippen molar-refractivity contribution in [2.24, 2.45) is 0 Å². The predicted octanol–water partition coefficient (Wildman–Crippen LogP) is 3.09. The molecule has 0 aromatic carbocycles. The Morgan fingerprint density at radius 2 is 1.59 bits per heavy atom. The second-order valence-electron chi connectivity index (χ2n) is 7.83. The molecule has 1 rings (SSSR count). The van der Waals surface area contributed by atoms with Gasteiger partial charge in [0.25, 0.3) is 0 Å². The number of anilines is 1. The quantitative estimate of drug-likeness (QED) is 0.826. The molecule has 1 N–H and O–H groups in total. The number of amides is 2. The molecule has 0 atom stereocenters. The Labute approximate surface area is 159 Å². The summed E-state index contributed by atoms with van der Waals surface area (Å²) in [6.45, 7) is 10.1. The minimum atomic E-state index is -0.957. The fourth-order valence-electron chi connectivity index (χ4n) is 1.96. The number of methoxy groups -OCH3 is 1. The molecule has 0 aliphatic rings. The predicted molar refractivity (Wildman–Crippen MR) is 98.9 cm³/mol. The molecule has 0 aliphatic carbocycles. The maximum absolute atomic E-state index is 12.6. The van der Waals surface area contributed by atoms with Crippen molar-refractivity contribution in [3.05, 3.63) is 11.8 Å². The molecule has 0 radical (unpaired) electrons. The van der Waals surface area contributed by atoms with Crippen LogP contribution < -0.4 is 9.64 Å². The molecule has 1 aromatic heterocycles. The number of aliphatic hydroxyl groups excluding tert-OH is 1. The highest BCUT2D eigenvalue weighted by molar-refractivity contribution is 6.08. The zero-order valence-corrected chi connectivity index (χ0v) is 17.0. The van der Waals surface area contributed by atoms with Crippen LogP contribution in [-0.2, 0) is 15.9 Å². The molecule has 1 heterocycles. The lowest BCUT2D eigenvalue weighted by Gasteiger charge is -2.27. The molecule has 0 unspecified atom stereocenters. The van der Waals surface area contributed by atoms with Crippen LogP contribution in [-0.4, -0.2) is 52.2 Å². The standard InChI is InChI=1S/C18H29N3O6/c1-17(2,3)26-15(23)21(16(24)27-18(4,5)6)14-19-11-12(9-8-10-22)13(20-14)25-7/h11,22H,8-10H2,1-7H3. The lowest BCUT2D eigenvalue weighted by molar-refractivity contribution is 0.0427. The number of carbonyl (C=O) groups is 2. The summed E-state index contributed by atoms with van der Waals surface area (Å²) in [5.74, 6) is -0.0198. The molecule has 2 amide bonds. The van der Waals surface area contributed by atoms with Gasteiger partial charge < -0.3 is 19.3 Å². The van der Waals surface area contributed by atoms with Crippen molar-refractivity contribution in [2.75, 3.05) is 18.6 Å². The van der Waals surface area contributed by atoms with Crippen molar-refractivity contribution in [1.82, 2.24) is 9.97 Å². The van der Waals surface area contributed by atoms with Crippen LogP contribution in [0.3, 0.4) is 0 Å². The number of carbonyl (C=O) groups excluding carboxylic acids is 2. The Kier molecular flexibility index (Phi) is 7.53. The summed E-state index contributed by atoms with van der Waals surface area (Å²) < 4.78 is 15.8. The molecule has 0 spiro atoms. The van der Waals surface area contributed by atoms with Crippen LogP contribution in [0, 0.1) is 0 Å². The normalized spacial score (nSPS) is 11.7. The maximum atomic E-state index is 12.6. The molecule has 1 aromatic rings. The van der Waals surface area contributed by atoms with Crippen LogP contribution in [0.15, 0.2) is 6.20 Å². The molecular weight excluding hydrogens is 354 g/mol. The van der Waals surface area contributed by atoms with Gasteiger partial charge in [-0.2, -0.15) is 4.98 Å². The van der Waals surface area contributed by atoms with Gasteiger partial charge in [-0.05, 0) is 54.4 Å². The average Bonchev–Trinajstić information content (AvgIpc) is 2.50. The summed E-state index contributed by atoms with van der Waals surface area (Å²) >= 11 is 0. The highest BCUT2D eigenvalue weighted by atomic mass is 16.6. The fraction of sp³-hybridized carbons (Fsp3) is 0.667. The van der Waals surface area contributed by atoms with Gasteiger partial charge in [0.05, 0.1) is 7.11 Å². The second-order valence-corrected chi connectivity index (χ2v) is 7.83. The first-order valence-corrected chi connectivity index (χ1v) is 8.65. The van der Waals surface area contributed by atoms with Gasteiger partial charge in [0.1, 0.15) is 11.2 Å². The first-order valence-electron chi connectivity index (χ1n) is 8.65. The van der Waals surface area contributed by atoms with Gasteiger partial charge in [0, 0.05) is 18.4 Å². The smallest absolute Gasteiger partial charge is 0.427 e. The van der Waals surface area contributed by atoms with Crippen LogP contribution in [0.4, 0.5) is 15.5 Å². The molecule has 0 fully saturated rings. The first kappa shape index (κ1) is 22.6. The minimum Gasteiger partial charge on any atom is -0.481 e. The summed E-state index contributed by atoms with van der Waals surface area (Å²) in [6.07, 6.45) is 0.516. The van der Waals surface area contributed by atoms with Gasteiger partial charge in [0.2, 0.25) is 11.8 Å². The molecular formula is C18H29N3O6. The zero-order chi connectivity index (χ0) is 20.8. The number of aliphatic hydroxyl groups is 1. The van der Waals surface area contributed by atoms with E-state index in [0.717, 1.165) is 0 Å². The molecule has 27 heavy (non-hydrogen) atoms. The maximum Gasteiger partial charge on any atom is 0.427 e. The van der Waals surface area contributed by atoms with E-state index in [4.69, 9.17) is 19.3 Å². The van der Waals surface area contributed by atoms with Gasteiger partial charge in [0.15, 0.2) is 0 Å². The highest BCUT2D eigenvalue weighted by Crippen LogP contribution is 2.23. The molecule has 0 saturated carbocycles. The Bertz CT molecular complexity index is 636. The zero-order valence-electron chi connectivity index (χ0n) is 17.0. The van der Waals surface area contributed by atoms with E-state index in [1.807, 2.05) is 0 Å². The number of nitrogens with zero attached hydrogens (tertiary/aromatic N) is 3. The topological polar surface area (TPSA) is 111 Å². The number of hydrogen-bond acceptors (Lipinski definition) is 8. The minimum absolute atomic E-state index is 0.00679. The number of ether oxygens (including phenoxy) is 3. The van der Waals surface area contributed by atoms with Crippen molar-refractivity contribution in [1.29, 1.82) is 0 Å². The number of aryl methyl sites for hydroxylation is 1. The Morgan fingerprint density at radius 1 is 1.07 bits per heavy atom. The van der Waals surface area contributed by atoms with E-state index in [1.165, 1.54) is 13.3 Å². The van der Waals surface area contributed by atoms with Crippen LogP contribution >= 0.6 is 0 Å². The molecule has 9 nitrogen and oxygen atoms in total. The SMILES string of the molecule is COc1nc(N(C(=O)OC(C)(C)C)C(=O)OC(C)(C)C)ncc1CCCO. The van der Waals surface area contributed by atoms with E-state index in [-0.39, 0.29) is 18.4 Å². The summed E-state index contributed by atoms with van der Waals surface area (Å²) in [4.78, 5) is 34.1. The molecule has 0 aliphatic heterocycles. The molecule has 0 bridgehead atoms. The Morgan fingerprint density at radius 3 is 2.00 bits per heavy atom. The first-order chi connectivity index (χ1) is 12.4. The van der Waals surface area contributed by atoms with Gasteiger partial charge in [-0.25, -0.2) is 14.6 Å². The number of rotatable bonds is 5. The molecule has 152 valence electrons. The van der Waals surface area contributed by atoms with E-state index >= 15 is 0 Å². The lowest BCUT2D eigenvalue weighted by atomic mass is 10.2. The Hall–Kier alpha value is -2.42. The number of hydrogen-bond donors (Lipinski definition) is 1. The van der Waals surface area contributed by atoms with Crippen LogP contribution in [0.25, 0.3) is 0 Å². The van der Waals surface area contributed by atoms with Crippen LogP contribution in [0.5, 0.6) is 5.88 Å². The van der Waals surface area contributed by atoms with E-state index in [1.54, 1.807) is 41.5 Å². The molecule has 9 heteroatoms. The highest BCUT2D eigenvalue weighted by Gasteiger charge is 2.35. The van der Waals surface area contributed by atoms with Gasteiger partial charge in [-0.3, -0.25) is 0 Å². The van der Waals surface area contributed by atoms with E-state index in [9.17, 15) is 9.59 Å². The average molecular weight is 383 g/mol. The van der Waals surface area contributed by atoms with Gasteiger partial charge in [-0.1, -0.05) is 0 Å². The largest absolute Gasteiger partial charge is 0.481 e. The van der Waals surface area contributed by atoms with E-state index in [0.29, 0.717) is 23.3 Å². The van der Waals surface area contributed by atoms with Crippen molar-refractivity contribution in [2.45, 2.75) is 65.6 Å². The third kappa shape index (κ3) is 7.38. The number of aromatic nitrogens is 2. The third-order valence-electron chi connectivity index (χ3n) is 2.96. The van der Waals surface area contributed by atoms with E-state index < -0.39 is 23.4 Å². The van der Waals surface area contributed by atoms with Crippen molar-refractivity contribution in [3.8, 4) is 5.88 Å².